The molecular weight excluding hydrogens is 293 g/mol. The number of alkyl halides is 3. The van der Waals surface area contributed by atoms with Crippen LogP contribution in [-0.4, -0.2) is 5.91 Å². The van der Waals surface area contributed by atoms with Crippen LogP contribution in [0.5, 0.6) is 0 Å². The van der Waals surface area contributed by atoms with E-state index in [4.69, 9.17) is 0 Å². The SMILES string of the molecule is O=C(Nc1ccc(C(F)(F)F)cc1)c1ccc(F)cc1F. The summed E-state index contributed by atoms with van der Waals surface area (Å²) in [6, 6.07) is 6.06. The van der Waals surface area contributed by atoms with Crippen LogP contribution in [-0.2, 0) is 6.18 Å². The number of rotatable bonds is 2. The fourth-order valence-corrected chi connectivity index (χ4v) is 1.61. The van der Waals surface area contributed by atoms with Gasteiger partial charge in [-0.15, -0.1) is 0 Å². The maximum Gasteiger partial charge on any atom is 0.416 e. The van der Waals surface area contributed by atoms with Gasteiger partial charge in [0.25, 0.3) is 5.91 Å². The van der Waals surface area contributed by atoms with E-state index in [1.807, 2.05) is 0 Å². The van der Waals surface area contributed by atoms with Crippen molar-refractivity contribution in [2.45, 2.75) is 6.18 Å². The first-order chi connectivity index (χ1) is 9.77. The summed E-state index contributed by atoms with van der Waals surface area (Å²) < 4.78 is 63.2. The van der Waals surface area contributed by atoms with Crippen molar-refractivity contribution in [3.63, 3.8) is 0 Å². The van der Waals surface area contributed by atoms with Crippen molar-refractivity contribution in [2.24, 2.45) is 0 Å². The lowest BCUT2D eigenvalue weighted by atomic mass is 10.1. The minimum absolute atomic E-state index is 0.0664. The molecule has 0 aromatic heterocycles. The average molecular weight is 301 g/mol. The zero-order chi connectivity index (χ0) is 15.6. The van der Waals surface area contributed by atoms with E-state index in [9.17, 15) is 26.7 Å². The Morgan fingerprint density at radius 1 is 0.952 bits per heavy atom. The van der Waals surface area contributed by atoms with E-state index in [2.05, 4.69) is 5.32 Å². The molecule has 0 bridgehead atoms. The third-order valence-electron chi connectivity index (χ3n) is 2.65. The van der Waals surface area contributed by atoms with Crippen LogP contribution in [0.2, 0.25) is 0 Å². The summed E-state index contributed by atoms with van der Waals surface area (Å²) >= 11 is 0. The minimum atomic E-state index is -4.48. The fourth-order valence-electron chi connectivity index (χ4n) is 1.61. The van der Waals surface area contributed by atoms with Crippen LogP contribution >= 0.6 is 0 Å². The van der Waals surface area contributed by atoms with Crippen LogP contribution in [0.15, 0.2) is 42.5 Å². The molecule has 0 atom stereocenters. The fraction of sp³-hybridized carbons (Fsp3) is 0.0714. The highest BCUT2D eigenvalue weighted by Gasteiger charge is 2.30. The average Bonchev–Trinajstić information content (AvgIpc) is 2.38. The summed E-state index contributed by atoms with van der Waals surface area (Å²) in [5, 5.41) is 2.23. The molecule has 0 aliphatic rings. The zero-order valence-corrected chi connectivity index (χ0v) is 10.3. The largest absolute Gasteiger partial charge is 0.416 e. The highest BCUT2D eigenvalue weighted by atomic mass is 19.4. The Bertz CT molecular complexity index is 664. The third-order valence-corrected chi connectivity index (χ3v) is 2.65. The molecule has 0 saturated heterocycles. The lowest BCUT2D eigenvalue weighted by Gasteiger charge is -2.09. The summed E-state index contributed by atoms with van der Waals surface area (Å²) in [5.41, 5.74) is -1.21. The lowest BCUT2D eigenvalue weighted by molar-refractivity contribution is -0.137. The Morgan fingerprint density at radius 2 is 1.57 bits per heavy atom. The molecule has 1 N–H and O–H groups in total. The summed E-state index contributed by atoms with van der Waals surface area (Å²) in [6.07, 6.45) is -4.48. The van der Waals surface area contributed by atoms with E-state index in [-0.39, 0.29) is 5.69 Å². The Balaban J connectivity index is 2.16. The van der Waals surface area contributed by atoms with Gasteiger partial charge in [0.05, 0.1) is 11.1 Å². The van der Waals surface area contributed by atoms with Gasteiger partial charge >= 0.3 is 6.18 Å². The molecule has 0 heterocycles. The van der Waals surface area contributed by atoms with Gasteiger partial charge in [-0.05, 0) is 36.4 Å². The Kier molecular flexibility index (Phi) is 3.93. The van der Waals surface area contributed by atoms with Crippen molar-refractivity contribution in [2.75, 3.05) is 5.32 Å². The van der Waals surface area contributed by atoms with Gasteiger partial charge in [-0.3, -0.25) is 4.79 Å². The first kappa shape index (κ1) is 15.0. The van der Waals surface area contributed by atoms with Crippen molar-refractivity contribution >= 4 is 11.6 Å². The van der Waals surface area contributed by atoms with Crippen LogP contribution in [0.1, 0.15) is 15.9 Å². The quantitative estimate of drug-likeness (QED) is 0.826. The van der Waals surface area contributed by atoms with Gasteiger partial charge in [-0.25, -0.2) is 8.78 Å². The van der Waals surface area contributed by atoms with Crippen LogP contribution in [0.25, 0.3) is 0 Å². The third kappa shape index (κ3) is 3.56. The summed E-state index contributed by atoms with van der Waals surface area (Å²) in [4.78, 5) is 11.7. The van der Waals surface area contributed by atoms with E-state index < -0.39 is 34.8 Å². The smallest absolute Gasteiger partial charge is 0.322 e. The Labute approximate surface area is 116 Å². The summed E-state index contributed by atoms with van der Waals surface area (Å²) in [5.74, 6) is -2.77. The van der Waals surface area contributed by atoms with Crippen molar-refractivity contribution in [3.8, 4) is 0 Å². The van der Waals surface area contributed by atoms with E-state index in [1.54, 1.807) is 0 Å². The molecule has 1 amide bonds. The minimum Gasteiger partial charge on any atom is -0.322 e. The Morgan fingerprint density at radius 3 is 2.10 bits per heavy atom. The zero-order valence-electron chi connectivity index (χ0n) is 10.3. The molecule has 0 aliphatic heterocycles. The van der Waals surface area contributed by atoms with Gasteiger partial charge in [0, 0.05) is 11.8 Å². The molecule has 110 valence electrons. The second-order valence-corrected chi connectivity index (χ2v) is 4.15. The molecule has 2 nitrogen and oxygen atoms in total. The van der Waals surface area contributed by atoms with Crippen molar-refractivity contribution in [3.05, 3.63) is 65.2 Å². The molecular formula is C14H8F5NO. The standard InChI is InChI=1S/C14H8F5NO/c15-9-3-6-11(12(16)7-9)13(21)20-10-4-1-8(2-5-10)14(17,18)19/h1-7H,(H,20,21). The molecule has 0 spiro atoms. The number of anilines is 1. The number of nitrogens with one attached hydrogen (secondary N) is 1. The molecule has 2 rings (SSSR count). The van der Waals surface area contributed by atoms with Gasteiger partial charge in [0.2, 0.25) is 0 Å². The predicted molar refractivity (Wildman–Crippen MR) is 65.8 cm³/mol. The van der Waals surface area contributed by atoms with Crippen LogP contribution in [0.3, 0.4) is 0 Å². The Hall–Kier alpha value is -2.44. The second kappa shape index (κ2) is 5.51. The molecule has 7 heteroatoms. The number of carbonyl (C=O) groups is 1. The number of amides is 1. The van der Waals surface area contributed by atoms with E-state index >= 15 is 0 Å². The molecule has 21 heavy (non-hydrogen) atoms. The van der Waals surface area contributed by atoms with E-state index in [0.717, 1.165) is 36.4 Å². The predicted octanol–water partition coefficient (Wildman–Crippen LogP) is 4.24. The maximum atomic E-state index is 13.4. The highest BCUT2D eigenvalue weighted by molar-refractivity contribution is 6.04. The number of hydrogen-bond donors (Lipinski definition) is 1. The highest BCUT2D eigenvalue weighted by Crippen LogP contribution is 2.29. The monoisotopic (exact) mass is 301 g/mol. The summed E-state index contributed by atoms with van der Waals surface area (Å²) in [6.45, 7) is 0. The lowest BCUT2D eigenvalue weighted by Crippen LogP contribution is -2.14. The van der Waals surface area contributed by atoms with Crippen molar-refractivity contribution in [1.29, 1.82) is 0 Å². The molecule has 0 aliphatic carbocycles. The summed E-state index contributed by atoms with van der Waals surface area (Å²) in [7, 11) is 0. The van der Waals surface area contributed by atoms with Crippen molar-refractivity contribution < 1.29 is 26.7 Å². The number of carbonyl (C=O) groups excluding carboxylic acids is 1. The molecule has 0 radical (unpaired) electrons. The maximum absolute atomic E-state index is 13.4. The molecule has 0 fully saturated rings. The molecule has 0 saturated carbocycles. The number of hydrogen-bond acceptors (Lipinski definition) is 1. The van der Waals surface area contributed by atoms with Gasteiger partial charge in [-0.2, -0.15) is 13.2 Å². The topological polar surface area (TPSA) is 29.1 Å². The van der Waals surface area contributed by atoms with Crippen LogP contribution in [0, 0.1) is 11.6 Å². The van der Waals surface area contributed by atoms with E-state index in [1.165, 1.54) is 0 Å². The van der Waals surface area contributed by atoms with Crippen LogP contribution < -0.4 is 5.32 Å². The first-order valence-electron chi connectivity index (χ1n) is 5.71. The van der Waals surface area contributed by atoms with Gasteiger partial charge in [0.15, 0.2) is 0 Å². The van der Waals surface area contributed by atoms with Crippen LogP contribution in [0.4, 0.5) is 27.6 Å². The normalized spacial score (nSPS) is 11.3. The number of benzene rings is 2. The van der Waals surface area contributed by atoms with Gasteiger partial charge in [-0.1, -0.05) is 0 Å². The molecule has 0 unspecified atom stereocenters. The second-order valence-electron chi connectivity index (χ2n) is 4.15. The number of halogens is 5. The van der Waals surface area contributed by atoms with Gasteiger partial charge < -0.3 is 5.32 Å². The molecule has 2 aromatic rings. The van der Waals surface area contributed by atoms with Crippen molar-refractivity contribution in [1.82, 2.24) is 0 Å². The van der Waals surface area contributed by atoms with Gasteiger partial charge in [0.1, 0.15) is 11.6 Å². The first-order valence-corrected chi connectivity index (χ1v) is 5.71. The molecule has 2 aromatic carbocycles. The van der Waals surface area contributed by atoms with E-state index in [0.29, 0.717) is 6.07 Å².